The van der Waals surface area contributed by atoms with Crippen LogP contribution in [0.3, 0.4) is 0 Å². The van der Waals surface area contributed by atoms with Crippen molar-refractivity contribution in [1.29, 1.82) is 0 Å². The van der Waals surface area contributed by atoms with E-state index < -0.39 is 17.5 Å². The van der Waals surface area contributed by atoms with Gasteiger partial charge in [-0.3, -0.25) is 14.9 Å². The van der Waals surface area contributed by atoms with Crippen molar-refractivity contribution in [2.24, 2.45) is 0 Å². The van der Waals surface area contributed by atoms with Crippen LogP contribution in [0.25, 0.3) is 0 Å². The average molecular weight is 410 g/mol. The van der Waals surface area contributed by atoms with E-state index in [2.05, 4.69) is 10.1 Å². The van der Waals surface area contributed by atoms with Gasteiger partial charge in [-0.15, -0.1) is 0 Å². The Bertz CT molecular complexity index is 847. The molecule has 0 saturated carbocycles. The molecule has 0 radical (unpaired) electrons. The van der Waals surface area contributed by atoms with E-state index in [1.807, 2.05) is 0 Å². The van der Waals surface area contributed by atoms with Gasteiger partial charge in [-0.1, -0.05) is 18.2 Å². The summed E-state index contributed by atoms with van der Waals surface area (Å²) in [5.74, 6) is -0.465. The van der Waals surface area contributed by atoms with Crippen molar-refractivity contribution in [2.45, 2.75) is 26.1 Å². The van der Waals surface area contributed by atoms with Crippen molar-refractivity contribution in [3.05, 3.63) is 58.1 Å². The third kappa shape index (κ3) is 6.91. The van der Waals surface area contributed by atoms with Gasteiger partial charge < -0.3 is 19.5 Å². The van der Waals surface area contributed by atoms with Gasteiger partial charge in [0.1, 0.15) is 12.3 Å². The van der Waals surface area contributed by atoms with Gasteiger partial charge >= 0.3 is 12.6 Å². The van der Waals surface area contributed by atoms with Crippen LogP contribution in [-0.2, 0) is 16.1 Å². The largest absolute Gasteiger partial charge is 0.493 e. The van der Waals surface area contributed by atoms with Crippen LogP contribution >= 0.6 is 0 Å². The summed E-state index contributed by atoms with van der Waals surface area (Å²) < 4.78 is 39.1. The van der Waals surface area contributed by atoms with Crippen molar-refractivity contribution in [1.82, 2.24) is 0 Å². The normalized spacial score (nSPS) is 10.5. The van der Waals surface area contributed by atoms with Crippen LogP contribution in [0.15, 0.2) is 42.5 Å². The third-order valence-corrected chi connectivity index (χ3v) is 3.82. The number of nitro benzene ring substituents is 1. The van der Waals surface area contributed by atoms with E-state index in [1.54, 1.807) is 18.2 Å². The van der Waals surface area contributed by atoms with Gasteiger partial charge in [-0.25, -0.2) is 0 Å². The van der Waals surface area contributed by atoms with Crippen LogP contribution in [0.1, 0.15) is 18.4 Å². The number of hydrogen-bond acceptors (Lipinski definition) is 7. The maximum Gasteiger partial charge on any atom is 0.387 e. The van der Waals surface area contributed by atoms with Gasteiger partial charge in [0, 0.05) is 19.0 Å². The molecule has 10 heteroatoms. The first-order valence-corrected chi connectivity index (χ1v) is 8.65. The predicted molar refractivity (Wildman–Crippen MR) is 100 cm³/mol. The molecule has 2 rings (SSSR count). The molecule has 0 aliphatic rings. The average Bonchev–Trinajstić information content (AvgIpc) is 2.70. The third-order valence-electron chi connectivity index (χ3n) is 3.82. The van der Waals surface area contributed by atoms with E-state index in [4.69, 9.17) is 9.47 Å². The van der Waals surface area contributed by atoms with Crippen molar-refractivity contribution in [2.75, 3.05) is 19.0 Å². The Morgan fingerprint density at radius 1 is 1.21 bits per heavy atom. The lowest BCUT2D eigenvalue weighted by molar-refractivity contribution is -0.384. The molecule has 0 spiro atoms. The smallest absolute Gasteiger partial charge is 0.387 e. The van der Waals surface area contributed by atoms with Crippen molar-refractivity contribution < 1.29 is 32.7 Å². The first kappa shape index (κ1) is 21.9. The molecule has 1 N–H and O–H groups in total. The van der Waals surface area contributed by atoms with Crippen LogP contribution in [-0.4, -0.2) is 31.2 Å². The second kappa shape index (κ2) is 10.8. The number of nitrogens with zero attached hydrogens (tertiary/aromatic N) is 1. The number of carbonyl (C=O) groups excluding carboxylic acids is 1. The van der Waals surface area contributed by atoms with Gasteiger partial charge in [-0.05, 0) is 30.2 Å². The summed E-state index contributed by atoms with van der Waals surface area (Å²) in [5, 5.41) is 13.9. The molecule has 2 aromatic carbocycles. The molecule has 0 aliphatic carbocycles. The lowest BCUT2D eigenvalue weighted by Crippen LogP contribution is -2.09. The Hall–Kier alpha value is -3.43. The molecule has 156 valence electrons. The fourth-order valence-corrected chi connectivity index (χ4v) is 2.47. The number of para-hydroxylation sites is 2. The molecule has 0 aliphatic heterocycles. The first-order chi connectivity index (χ1) is 13.9. The Morgan fingerprint density at radius 3 is 2.66 bits per heavy atom. The Labute approximate surface area is 165 Å². The molecule has 0 saturated heterocycles. The number of halogens is 2. The van der Waals surface area contributed by atoms with E-state index in [0.29, 0.717) is 24.2 Å². The number of hydrogen-bond donors (Lipinski definition) is 1. The van der Waals surface area contributed by atoms with E-state index in [-0.39, 0.29) is 30.2 Å². The van der Waals surface area contributed by atoms with Crippen molar-refractivity contribution in [3.63, 3.8) is 0 Å². The quantitative estimate of drug-likeness (QED) is 0.257. The van der Waals surface area contributed by atoms with E-state index in [0.717, 1.165) is 0 Å². The molecule has 0 aromatic heterocycles. The number of rotatable bonds is 11. The minimum absolute atomic E-state index is 0.0386. The zero-order valence-electron chi connectivity index (χ0n) is 15.6. The first-order valence-electron chi connectivity index (χ1n) is 8.65. The maximum atomic E-state index is 12.3. The highest BCUT2D eigenvalue weighted by Crippen LogP contribution is 2.29. The molecule has 0 heterocycles. The highest BCUT2D eigenvalue weighted by molar-refractivity contribution is 5.69. The SMILES string of the molecule is COc1cc(COC(=O)CCCNc2ccccc2[N+](=O)[O-])ccc1OC(F)F. The van der Waals surface area contributed by atoms with E-state index >= 15 is 0 Å². The van der Waals surface area contributed by atoms with Crippen molar-refractivity contribution in [3.8, 4) is 11.5 Å². The summed E-state index contributed by atoms with van der Waals surface area (Å²) in [6, 6.07) is 10.5. The Kier molecular flexibility index (Phi) is 8.13. The van der Waals surface area contributed by atoms with Gasteiger partial charge in [0.25, 0.3) is 5.69 Å². The summed E-state index contributed by atoms with van der Waals surface area (Å²) >= 11 is 0. The summed E-state index contributed by atoms with van der Waals surface area (Å²) in [7, 11) is 1.31. The summed E-state index contributed by atoms with van der Waals surface area (Å²) in [6.07, 6.45) is 0.521. The zero-order valence-corrected chi connectivity index (χ0v) is 15.6. The summed E-state index contributed by atoms with van der Waals surface area (Å²) in [6.45, 7) is -2.67. The van der Waals surface area contributed by atoms with Crippen LogP contribution < -0.4 is 14.8 Å². The fourth-order valence-electron chi connectivity index (χ4n) is 2.47. The fraction of sp³-hybridized carbons (Fsp3) is 0.316. The van der Waals surface area contributed by atoms with Gasteiger partial charge in [0.2, 0.25) is 0 Å². The van der Waals surface area contributed by atoms with E-state index in [9.17, 15) is 23.7 Å². The molecule has 0 unspecified atom stereocenters. The number of anilines is 1. The molecule has 8 nitrogen and oxygen atoms in total. The second-order valence-electron chi connectivity index (χ2n) is 5.83. The minimum atomic E-state index is -2.97. The van der Waals surface area contributed by atoms with E-state index in [1.165, 1.54) is 31.4 Å². The number of benzene rings is 2. The molecular weight excluding hydrogens is 390 g/mol. The lowest BCUT2D eigenvalue weighted by Gasteiger charge is -2.12. The number of carbonyl (C=O) groups is 1. The van der Waals surface area contributed by atoms with Gasteiger partial charge in [-0.2, -0.15) is 8.78 Å². The number of alkyl halides is 2. The molecular formula is C19H20F2N2O6. The number of methoxy groups -OCH3 is 1. The highest BCUT2D eigenvalue weighted by atomic mass is 19.3. The highest BCUT2D eigenvalue weighted by Gasteiger charge is 2.13. The van der Waals surface area contributed by atoms with Gasteiger partial charge in [0.05, 0.1) is 12.0 Å². The molecule has 2 aromatic rings. The standard InChI is InChI=1S/C19H20F2N2O6/c1-27-17-11-13(8-9-16(17)29-19(20)21)12-28-18(24)7-4-10-22-14-5-2-3-6-15(14)23(25)26/h2-3,5-6,8-9,11,19,22H,4,7,10,12H2,1H3. The zero-order chi connectivity index (χ0) is 21.2. The number of esters is 1. The maximum absolute atomic E-state index is 12.3. The minimum Gasteiger partial charge on any atom is -0.493 e. The lowest BCUT2D eigenvalue weighted by atomic mass is 10.2. The molecule has 0 bridgehead atoms. The Balaban J connectivity index is 1.77. The second-order valence-corrected chi connectivity index (χ2v) is 5.83. The number of nitro groups is 1. The number of ether oxygens (including phenoxy) is 3. The van der Waals surface area contributed by atoms with Crippen LogP contribution in [0.4, 0.5) is 20.2 Å². The number of nitrogens with one attached hydrogen (secondary N) is 1. The van der Waals surface area contributed by atoms with Gasteiger partial charge in [0.15, 0.2) is 11.5 Å². The monoisotopic (exact) mass is 410 g/mol. The molecule has 0 atom stereocenters. The van der Waals surface area contributed by atoms with Crippen LogP contribution in [0, 0.1) is 10.1 Å². The molecule has 29 heavy (non-hydrogen) atoms. The Morgan fingerprint density at radius 2 is 1.97 bits per heavy atom. The van der Waals surface area contributed by atoms with Crippen molar-refractivity contribution >= 4 is 17.3 Å². The topological polar surface area (TPSA) is 99.9 Å². The van der Waals surface area contributed by atoms with Crippen LogP contribution in [0.5, 0.6) is 11.5 Å². The molecule has 0 amide bonds. The summed E-state index contributed by atoms with van der Waals surface area (Å²) in [4.78, 5) is 22.3. The van der Waals surface area contributed by atoms with Crippen LogP contribution in [0.2, 0.25) is 0 Å². The predicted octanol–water partition coefficient (Wildman–Crippen LogP) is 4.14. The molecule has 0 fully saturated rings. The summed E-state index contributed by atoms with van der Waals surface area (Å²) in [5.41, 5.74) is 0.891.